The van der Waals surface area contributed by atoms with Gasteiger partial charge in [0.2, 0.25) is 0 Å². The molecule has 0 radical (unpaired) electrons. The lowest BCUT2D eigenvalue weighted by Crippen LogP contribution is -2.29. The normalized spacial score (nSPS) is 12.3. The average molecular weight is 346 g/mol. The topological polar surface area (TPSA) is 70.8 Å². The Bertz CT molecular complexity index is 272. The van der Waals surface area contributed by atoms with Crippen molar-refractivity contribution in [3.8, 4) is 0 Å². The van der Waals surface area contributed by atoms with E-state index in [1.165, 1.54) is 57.8 Å². The number of rotatable bonds is 18. The Kier molecular flexibility index (Phi) is 18.2. The molecule has 0 amide bonds. The molecular formula is C19H39NO4. The molecule has 0 bridgehead atoms. The summed E-state index contributed by atoms with van der Waals surface area (Å²) in [6.07, 6.45) is 13.4. The standard InChI is InChI=1S/C19H39NO4/c1-3-4-5-6-7-8-9-10-11-12-13-22-14-15-23-16-17-24-19(21)18(2)20/h18H,3-17,20H2,1-2H3/t18-/m0/s1. The summed E-state index contributed by atoms with van der Waals surface area (Å²) < 4.78 is 15.7. The van der Waals surface area contributed by atoms with Crippen LogP contribution < -0.4 is 5.73 Å². The minimum absolute atomic E-state index is 0.249. The van der Waals surface area contributed by atoms with E-state index in [9.17, 15) is 4.79 Å². The predicted octanol–water partition coefficient (Wildman–Crippen LogP) is 3.83. The van der Waals surface area contributed by atoms with Crippen LogP contribution in [0.25, 0.3) is 0 Å². The summed E-state index contributed by atoms with van der Waals surface area (Å²) in [5.41, 5.74) is 5.37. The van der Waals surface area contributed by atoms with Gasteiger partial charge >= 0.3 is 5.97 Å². The first kappa shape index (κ1) is 23.4. The zero-order chi connectivity index (χ0) is 17.9. The van der Waals surface area contributed by atoms with Crippen LogP contribution in [0.2, 0.25) is 0 Å². The van der Waals surface area contributed by atoms with E-state index in [2.05, 4.69) is 6.92 Å². The molecule has 5 heteroatoms. The van der Waals surface area contributed by atoms with E-state index < -0.39 is 12.0 Å². The maximum atomic E-state index is 11.1. The molecule has 0 heterocycles. The minimum Gasteiger partial charge on any atom is -0.462 e. The molecule has 5 nitrogen and oxygen atoms in total. The lowest BCUT2D eigenvalue weighted by molar-refractivity contribution is -0.146. The van der Waals surface area contributed by atoms with Gasteiger partial charge in [-0.3, -0.25) is 4.79 Å². The number of ether oxygens (including phenoxy) is 3. The molecule has 0 unspecified atom stereocenters. The van der Waals surface area contributed by atoms with Crippen molar-refractivity contribution >= 4 is 5.97 Å². The largest absolute Gasteiger partial charge is 0.462 e. The summed E-state index contributed by atoms with van der Waals surface area (Å²) in [5, 5.41) is 0. The molecule has 0 aromatic rings. The Hall–Kier alpha value is -0.650. The summed E-state index contributed by atoms with van der Waals surface area (Å²) in [6.45, 7) is 6.43. The van der Waals surface area contributed by atoms with Gasteiger partial charge in [0, 0.05) is 6.61 Å². The molecule has 144 valence electrons. The third kappa shape index (κ3) is 17.7. The molecule has 0 saturated carbocycles. The van der Waals surface area contributed by atoms with Crippen LogP contribution in [0.5, 0.6) is 0 Å². The minimum atomic E-state index is -0.575. The van der Waals surface area contributed by atoms with Crippen LogP contribution >= 0.6 is 0 Å². The molecule has 0 aliphatic rings. The molecule has 1 atom stereocenters. The smallest absolute Gasteiger partial charge is 0.322 e. The molecule has 24 heavy (non-hydrogen) atoms. The molecule has 0 rings (SSSR count). The Morgan fingerprint density at radius 1 is 0.750 bits per heavy atom. The van der Waals surface area contributed by atoms with Crippen LogP contribution in [-0.2, 0) is 19.0 Å². The van der Waals surface area contributed by atoms with Crippen molar-refractivity contribution in [2.75, 3.05) is 33.0 Å². The fourth-order valence-electron chi connectivity index (χ4n) is 2.35. The fraction of sp³-hybridized carbons (Fsp3) is 0.947. The van der Waals surface area contributed by atoms with Gasteiger partial charge in [-0.1, -0.05) is 64.7 Å². The van der Waals surface area contributed by atoms with Crippen molar-refractivity contribution in [1.29, 1.82) is 0 Å². The van der Waals surface area contributed by atoms with Gasteiger partial charge in [0.25, 0.3) is 0 Å². The first-order chi connectivity index (χ1) is 11.7. The molecule has 0 saturated heterocycles. The van der Waals surface area contributed by atoms with E-state index in [0.717, 1.165) is 13.0 Å². The van der Waals surface area contributed by atoms with Gasteiger partial charge in [0.1, 0.15) is 12.6 Å². The molecule has 2 N–H and O–H groups in total. The van der Waals surface area contributed by atoms with Gasteiger partial charge < -0.3 is 19.9 Å². The molecule has 0 fully saturated rings. The third-order valence-electron chi connectivity index (χ3n) is 3.86. The number of hydrogen-bond donors (Lipinski definition) is 1. The van der Waals surface area contributed by atoms with Crippen molar-refractivity contribution in [2.24, 2.45) is 5.73 Å². The Balaban J connectivity index is 3.04. The van der Waals surface area contributed by atoms with Crippen LogP contribution in [-0.4, -0.2) is 45.0 Å². The molecule has 0 aromatic heterocycles. The van der Waals surface area contributed by atoms with Crippen molar-refractivity contribution in [3.63, 3.8) is 0 Å². The number of nitrogens with two attached hydrogens (primary N) is 1. The van der Waals surface area contributed by atoms with Gasteiger partial charge in [-0.2, -0.15) is 0 Å². The highest BCUT2D eigenvalue weighted by Crippen LogP contribution is 2.10. The molecule has 0 aliphatic heterocycles. The van der Waals surface area contributed by atoms with Gasteiger partial charge in [0.05, 0.1) is 19.8 Å². The highest BCUT2D eigenvalue weighted by molar-refractivity contribution is 5.74. The molecular weight excluding hydrogens is 306 g/mol. The van der Waals surface area contributed by atoms with Crippen molar-refractivity contribution < 1.29 is 19.0 Å². The summed E-state index contributed by atoms with van der Waals surface area (Å²) in [7, 11) is 0. The van der Waals surface area contributed by atoms with Crippen LogP contribution in [0.15, 0.2) is 0 Å². The van der Waals surface area contributed by atoms with E-state index in [-0.39, 0.29) is 6.61 Å². The molecule has 0 aromatic carbocycles. The lowest BCUT2D eigenvalue weighted by atomic mass is 10.1. The van der Waals surface area contributed by atoms with Crippen LogP contribution in [0.4, 0.5) is 0 Å². The van der Waals surface area contributed by atoms with E-state index in [0.29, 0.717) is 19.8 Å². The van der Waals surface area contributed by atoms with E-state index in [4.69, 9.17) is 19.9 Å². The number of carbonyl (C=O) groups excluding carboxylic acids is 1. The number of esters is 1. The van der Waals surface area contributed by atoms with Crippen LogP contribution in [0, 0.1) is 0 Å². The van der Waals surface area contributed by atoms with Gasteiger partial charge in [-0.15, -0.1) is 0 Å². The number of carbonyl (C=O) groups is 1. The maximum absolute atomic E-state index is 11.1. The first-order valence-corrected chi connectivity index (χ1v) is 9.76. The summed E-state index contributed by atoms with van der Waals surface area (Å²) in [6, 6.07) is -0.575. The van der Waals surface area contributed by atoms with Crippen LogP contribution in [0.3, 0.4) is 0 Å². The quantitative estimate of drug-likeness (QED) is 0.302. The summed E-state index contributed by atoms with van der Waals surface area (Å²) in [5.74, 6) is -0.393. The van der Waals surface area contributed by atoms with Gasteiger partial charge in [0.15, 0.2) is 0 Å². The van der Waals surface area contributed by atoms with Crippen molar-refractivity contribution in [2.45, 2.75) is 84.1 Å². The van der Waals surface area contributed by atoms with E-state index >= 15 is 0 Å². The van der Waals surface area contributed by atoms with Crippen molar-refractivity contribution in [1.82, 2.24) is 0 Å². The second kappa shape index (κ2) is 18.7. The van der Waals surface area contributed by atoms with E-state index in [1.807, 2.05) is 0 Å². The Labute approximate surface area is 148 Å². The lowest BCUT2D eigenvalue weighted by Gasteiger charge is -2.08. The predicted molar refractivity (Wildman–Crippen MR) is 98.1 cm³/mol. The third-order valence-corrected chi connectivity index (χ3v) is 3.86. The SMILES string of the molecule is CCCCCCCCCCCCOCCOCCOC(=O)[C@H](C)N. The fourth-order valence-corrected chi connectivity index (χ4v) is 2.35. The summed E-state index contributed by atoms with van der Waals surface area (Å²) in [4.78, 5) is 11.1. The maximum Gasteiger partial charge on any atom is 0.322 e. The molecule has 0 aliphatic carbocycles. The Morgan fingerprint density at radius 2 is 1.21 bits per heavy atom. The van der Waals surface area contributed by atoms with Crippen LogP contribution in [0.1, 0.15) is 78.1 Å². The zero-order valence-corrected chi connectivity index (χ0v) is 15.9. The molecule has 0 spiro atoms. The second-order valence-electron chi connectivity index (χ2n) is 6.36. The van der Waals surface area contributed by atoms with Crippen molar-refractivity contribution in [3.05, 3.63) is 0 Å². The zero-order valence-electron chi connectivity index (χ0n) is 15.9. The summed E-state index contributed by atoms with van der Waals surface area (Å²) >= 11 is 0. The average Bonchev–Trinajstić information content (AvgIpc) is 2.57. The highest BCUT2D eigenvalue weighted by Gasteiger charge is 2.07. The number of unbranched alkanes of at least 4 members (excludes halogenated alkanes) is 9. The monoisotopic (exact) mass is 345 g/mol. The highest BCUT2D eigenvalue weighted by atomic mass is 16.6. The number of hydrogen-bond acceptors (Lipinski definition) is 5. The van der Waals surface area contributed by atoms with Gasteiger partial charge in [-0.05, 0) is 13.3 Å². The second-order valence-corrected chi connectivity index (χ2v) is 6.36. The van der Waals surface area contributed by atoms with E-state index in [1.54, 1.807) is 6.92 Å². The Morgan fingerprint density at radius 3 is 1.75 bits per heavy atom. The first-order valence-electron chi connectivity index (χ1n) is 9.76. The van der Waals surface area contributed by atoms with Gasteiger partial charge in [-0.25, -0.2) is 0 Å².